The number of rotatable bonds is 2. The lowest BCUT2D eigenvalue weighted by atomic mass is 9.63. The van der Waals surface area contributed by atoms with Gasteiger partial charge in [-0.2, -0.15) is 0 Å². The summed E-state index contributed by atoms with van der Waals surface area (Å²) in [5.41, 5.74) is 4.91. The third-order valence-electron chi connectivity index (χ3n) is 5.77. The number of hydrogen-bond donors (Lipinski definition) is 0. The van der Waals surface area contributed by atoms with E-state index >= 15 is 0 Å². The summed E-state index contributed by atoms with van der Waals surface area (Å²) in [6, 6.07) is 11.2. The van der Waals surface area contributed by atoms with E-state index in [1.165, 1.54) is 56.9 Å². The Morgan fingerprint density at radius 3 is 2.71 bits per heavy atom. The first-order valence-corrected chi connectivity index (χ1v) is 8.71. The fraction of sp³-hybridized carbons (Fsp3) is 0.550. The minimum atomic E-state index is 0.566. The lowest BCUT2D eigenvalue weighted by Crippen LogP contribution is -2.38. The van der Waals surface area contributed by atoms with Crippen LogP contribution in [0.25, 0.3) is 0 Å². The molecule has 0 aliphatic heterocycles. The van der Waals surface area contributed by atoms with Crippen molar-refractivity contribution in [3.05, 3.63) is 47.0 Å². The molecule has 0 amide bonds. The molecule has 3 unspecified atom stereocenters. The third-order valence-corrected chi connectivity index (χ3v) is 5.77. The van der Waals surface area contributed by atoms with E-state index in [2.05, 4.69) is 36.5 Å². The summed E-state index contributed by atoms with van der Waals surface area (Å²) in [7, 11) is 0. The van der Waals surface area contributed by atoms with Crippen molar-refractivity contribution in [3.63, 3.8) is 0 Å². The molecule has 0 N–H and O–H groups in total. The Kier molecular flexibility index (Phi) is 3.67. The first-order chi connectivity index (χ1) is 10.4. The first kappa shape index (κ1) is 13.3. The van der Waals surface area contributed by atoms with Crippen molar-refractivity contribution >= 4 is 6.21 Å². The van der Waals surface area contributed by atoms with Gasteiger partial charge in [0.25, 0.3) is 0 Å². The number of aliphatic imine (C=N–C) groups is 1. The van der Waals surface area contributed by atoms with Gasteiger partial charge in [0.05, 0.1) is 6.04 Å². The van der Waals surface area contributed by atoms with Crippen LogP contribution < -0.4 is 0 Å². The van der Waals surface area contributed by atoms with E-state index in [0.29, 0.717) is 6.04 Å². The summed E-state index contributed by atoms with van der Waals surface area (Å²) in [4.78, 5) is 5.07. The van der Waals surface area contributed by atoms with E-state index in [4.69, 9.17) is 4.99 Å². The summed E-state index contributed by atoms with van der Waals surface area (Å²) in [5, 5.41) is 0. The molecule has 3 aliphatic carbocycles. The highest BCUT2D eigenvalue weighted by atomic mass is 14.8. The predicted octanol–water partition coefficient (Wildman–Crippen LogP) is 5.16. The number of nitrogens with zero attached hydrogens (tertiary/aromatic N) is 1. The molecule has 2 bridgehead atoms. The van der Waals surface area contributed by atoms with Crippen molar-refractivity contribution in [1.82, 2.24) is 0 Å². The van der Waals surface area contributed by atoms with Crippen LogP contribution in [0, 0.1) is 11.8 Å². The molecule has 0 saturated heterocycles. The molecule has 1 aromatic carbocycles. The largest absolute Gasteiger partial charge is 0.288 e. The lowest BCUT2D eigenvalue weighted by Gasteiger charge is -2.44. The van der Waals surface area contributed by atoms with Gasteiger partial charge in [0.15, 0.2) is 0 Å². The van der Waals surface area contributed by atoms with Gasteiger partial charge < -0.3 is 0 Å². The summed E-state index contributed by atoms with van der Waals surface area (Å²) in [6.07, 6.45) is 13.3. The van der Waals surface area contributed by atoms with E-state index in [9.17, 15) is 0 Å². The second kappa shape index (κ2) is 5.79. The van der Waals surface area contributed by atoms with Crippen LogP contribution in [-0.4, -0.2) is 12.3 Å². The Hall–Kier alpha value is -1.37. The van der Waals surface area contributed by atoms with Crippen molar-refractivity contribution < 1.29 is 0 Å². The summed E-state index contributed by atoms with van der Waals surface area (Å²) in [6.45, 7) is 0. The number of allylic oxidation sites excluding steroid dienone is 1. The maximum absolute atomic E-state index is 5.07. The molecule has 4 rings (SSSR count). The number of fused-ring (bicyclic) bond motifs is 3. The zero-order valence-corrected chi connectivity index (χ0v) is 12.8. The average molecular weight is 279 g/mol. The Bertz CT molecular complexity index is 554. The molecular formula is C20H25N. The van der Waals surface area contributed by atoms with Crippen LogP contribution in [0.5, 0.6) is 0 Å². The van der Waals surface area contributed by atoms with Gasteiger partial charge in [-0.25, -0.2) is 0 Å². The Balaban J connectivity index is 1.60. The predicted molar refractivity (Wildman–Crippen MR) is 88.8 cm³/mol. The van der Waals surface area contributed by atoms with E-state index in [0.717, 1.165) is 11.8 Å². The normalized spacial score (nSPS) is 32.3. The fourth-order valence-corrected chi connectivity index (χ4v) is 4.80. The zero-order valence-electron chi connectivity index (χ0n) is 12.8. The van der Waals surface area contributed by atoms with Crippen molar-refractivity contribution in [3.8, 4) is 0 Å². The molecule has 1 saturated carbocycles. The highest BCUT2D eigenvalue weighted by Crippen LogP contribution is 2.49. The minimum Gasteiger partial charge on any atom is -0.288 e. The number of hydrogen-bond acceptors (Lipinski definition) is 1. The van der Waals surface area contributed by atoms with Crippen LogP contribution in [0.1, 0.15) is 56.9 Å². The third kappa shape index (κ3) is 2.59. The summed E-state index contributed by atoms with van der Waals surface area (Å²) >= 11 is 0. The van der Waals surface area contributed by atoms with E-state index in [-0.39, 0.29) is 0 Å². The Morgan fingerprint density at radius 2 is 1.81 bits per heavy atom. The summed E-state index contributed by atoms with van der Waals surface area (Å²) in [5.74, 6) is 1.59. The Morgan fingerprint density at radius 1 is 0.952 bits per heavy atom. The molecule has 0 radical (unpaired) electrons. The fourth-order valence-electron chi connectivity index (χ4n) is 4.80. The van der Waals surface area contributed by atoms with Crippen LogP contribution in [0.2, 0.25) is 0 Å². The highest BCUT2D eigenvalue weighted by molar-refractivity contribution is 5.79. The van der Waals surface area contributed by atoms with Gasteiger partial charge >= 0.3 is 0 Å². The zero-order chi connectivity index (χ0) is 14.1. The van der Waals surface area contributed by atoms with Crippen molar-refractivity contribution in [2.24, 2.45) is 16.8 Å². The molecule has 21 heavy (non-hydrogen) atoms. The molecule has 110 valence electrons. The molecule has 0 aromatic heterocycles. The van der Waals surface area contributed by atoms with Crippen LogP contribution in [0.4, 0.5) is 0 Å². The lowest BCUT2D eigenvalue weighted by molar-refractivity contribution is 0.215. The standard InChI is InChI=1S/C20H25N/c1-2-7-15(8-3-1)14-21-20-17-10-6-12-19(20)18-11-5-4-9-16(18)13-17/h1-3,7-8,14,17,19-20H,4-6,9-13H2. The molecule has 3 aliphatic rings. The second-order valence-corrected chi connectivity index (χ2v) is 7.02. The van der Waals surface area contributed by atoms with Gasteiger partial charge in [-0.3, -0.25) is 4.99 Å². The van der Waals surface area contributed by atoms with Gasteiger partial charge in [0, 0.05) is 12.1 Å². The van der Waals surface area contributed by atoms with Crippen LogP contribution in [-0.2, 0) is 0 Å². The van der Waals surface area contributed by atoms with Gasteiger partial charge in [-0.15, -0.1) is 0 Å². The molecule has 1 nitrogen and oxygen atoms in total. The maximum atomic E-state index is 5.07. The van der Waals surface area contributed by atoms with Crippen molar-refractivity contribution in [1.29, 1.82) is 0 Å². The topological polar surface area (TPSA) is 12.4 Å². The number of benzene rings is 1. The van der Waals surface area contributed by atoms with E-state index in [1.807, 2.05) is 11.1 Å². The summed E-state index contributed by atoms with van der Waals surface area (Å²) < 4.78 is 0. The average Bonchev–Trinajstić information content (AvgIpc) is 2.54. The second-order valence-electron chi connectivity index (χ2n) is 7.02. The van der Waals surface area contributed by atoms with Crippen molar-refractivity contribution in [2.75, 3.05) is 0 Å². The molecule has 0 heterocycles. The smallest absolute Gasteiger partial charge is 0.0596 e. The van der Waals surface area contributed by atoms with Gasteiger partial charge in [-0.1, -0.05) is 47.9 Å². The van der Waals surface area contributed by atoms with Crippen LogP contribution in [0.15, 0.2) is 46.5 Å². The molecule has 1 heteroatoms. The Labute approximate surface area is 128 Å². The van der Waals surface area contributed by atoms with Gasteiger partial charge in [-0.05, 0) is 56.4 Å². The SMILES string of the molecule is C(=NC1C2CCCC1C1=C(CCCC1)C2)c1ccccc1. The quantitative estimate of drug-likeness (QED) is 0.523. The van der Waals surface area contributed by atoms with Crippen LogP contribution >= 0.6 is 0 Å². The first-order valence-electron chi connectivity index (χ1n) is 8.71. The molecule has 0 spiro atoms. The minimum absolute atomic E-state index is 0.566. The monoisotopic (exact) mass is 279 g/mol. The van der Waals surface area contributed by atoms with E-state index in [1.54, 1.807) is 0 Å². The van der Waals surface area contributed by atoms with Gasteiger partial charge in [0.2, 0.25) is 0 Å². The molecule has 1 fully saturated rings. The molecule has 1 aromatic rings. The van der Waals surface area contributed by atoms with Crippen molar-refractivity contribution in [2.45, 2.75) is 57.4 Å². The van der Waals surface area contributed by atoms with E-state index < -0.39 is 0 Å². The molecular weight excluding hydrogens is 254 g/mol. The molecule has 3 atom stereocenters. The maximum Gasteiger partial charge on any atom is 0.0596 e. The highest BCUT2D eigenvalue weighted by Gasteiger charge is 2.40. The van der Waals surface area contributed by atoms with Crippen LogP contribution in [0.3, 0.4) is 0 Å². The van der Waals surface area contributed by atoms with Gasteiger partial charge in [0.1, 0.15) is 0 Å².